The Morgan fingerprint density at radius 3 is 2.50 bits per heavy atom. The summed E-state index contributed by atoms with van der Waals surface area (Å²) in [5.41, 5.74) is 0. The molecule has 0 aliphatic carbocycles. The van der Waals surface area contributed by atoms with Gasteiger partial charge in [0, 0.05) is 13.2 Å². The highest BCUT2D eigenvalue weighted by molar-refractivity contribution is 7.89. The molecule has 8 heteroatoms. The number of carbonyl (C=O) groups is 1. The van der Waals surface area contributed by atoms with Crippen molar-refractivity contribution in [1.29, 1.82) is 0 Å². The van der Waals surface area contributed by atoms with E-state index in [2.05, 4.69) is 14.6 Å². The van der Waals surface area contributed by atoms with E-state index in [1.54, 1.807) is 20.9 Å². The van der Waals surface area contributed by atoms with E-state index in [0.29, 0.717) is 0 Å². The largest absolute Gasteiger partial charge is 0.468 e. The van der Waals surface area contributed by atoms with Crippen LogP contribution < -0.4 is 4.72 Å². The van der Waals surface area contributed by atoms with E-state index in [0.717, 1.165) is 0 Å². The van der Waals surface area contributed by atoms with Gasteiger partial charge in [-0.25, -0.2) is 8.42 Å². The molecular weight excluding hydrogens is 258 g/mol. The van der Waals surface area contributed by atoms with Gasteiger partial charge in [-0.05, 0) is 5.92 Å². The lowest BCUT2D eigenvalue weighted by molar-refractivity contribution is -0.143. The number of aromatic nitrogens is 2. The molecule has 7 nitrogen and oxygen atoms in total. The number of hydrogen-bond acceptors (Lipinski definition) is 5. The molecule has 0 fully saturated rings. The SMILES string of the molecule is COC(=O)[C@H](NS(=O)(=O)c1cnn(C)c1)C(C)C. The minimum absolute atomic E-state index is 0.0135. The van der Waals surface area contributed by atoms with Crippen LogP contribution in [0.5, 0.6) is 0 Å². The predicted octanol–water partition coefficient (Wildman–Crippen LogP) is -0.104. The van der Waals surface area contributed by atoms with Crippen LogP contribution in [0.2, 0.25) is 0 Å². The molecule has 18 heavy (non-hydrogen) atoms. The molecule has 0 aromatic carbocycles. The first-order valence-corrected chi connectivity index (χ1v) is 6.85. The summed E-state index contributed by atoms with van der Waals surface area (Å²) in [6.45, 7) is 3.46. The summed E-state index contributed by atoms with van der Waals surface area (Å²) in [6.07, 6.45) is 2.58. The summed E-state index contributed by atoms with van der Waals surface area (Å²) < 4.78 is 32.3. The van der Waals surface area contributed by atoms with Crippen LogP contribution in [0.15, 0.2) is 17.3 Å². The molecule has 1 rings (SSSR count). The quantitative estimate of drug-likeness (QED) is 0.758. The van der Waals surface area contributed by atoms with Crippen molar-refractivity contribution in [2.45, 2.75) is 24.8 Å². The van der Waals surface area contributed by atoms with Crippen molar-refractivity contribution in [2.24, 2.45) is 13.0 Å². The standard InChI is InChI=1S/C10H17N3O4S/c1-7(2)9(10(14)17-4)12-18(15,16)8-5-11-13(3)6-8/h5-7,9,12H,1-4H3/t9-/m1/s1. The predicted molar refractivity (Wildman–Crippen MR) is 64.2 cm³/mol. The van der Waals surface area contributed by atoms with Gasteiger partial charge in [-0.2, -0.15) is 9.82 Å². The van der Waals surface area contributed by atoms with Crippen molar-refractivity contribution in [3.05, 3.63) is 12.4 Å². The first-order chi connectivity index (χ1) is 8.27. The molecule has 102 valence electrons. The summed E-state index contributed by atoms with van der Waals surface area (Å²) in [5, 5.41) is 3.78. The first-order valence-electron chi connectivity index (χ1n) is 5.36. The molecule has 1 N–H and O–H groups in total. The Labute approximate surface area is 106 Å². The first kappa shape index (κ1) is 14.7. The normalized spacial score (nSPS) is 13.6. The molecule has 1 heterocycles. The maximum absolute atomic E-state index is 12.0. The van der Waals surface area contributed by atoms with Gasteiger partial charge in [0.2, 0.25) is 10.0 Å². The van der Waals surface area contributed by atoms with Crippen molar-refractivity contribution in [3.8, 4) is 0 Å². The van der Waals surface area contributed by atoms with Crippen LogP contribution in [0.25, 0.3) is 0 Å². The number of nitrogens with zero attached hydrogens (tertiary/aromatic N) is 2. The fourth-order valence-corrected chi connectivity index (χ4v) is 2.67. The number of hydrogen-bond donors (Lipinski definition) is 1. The molecule has 1 aromatic heterocycles. The van der Waals surface area contributed by atoms with Crippen molar-refractivity contribution in [2.75, 3.05) is 7.11 Å². The highest BCUT2D eigenvalue weighted by atomic mass is 32.2. The Balaban J connectivity index is 2.97. The van der Waals surface area contributed by atoms with Gasteiger partial charge in [0.05, 0.1) is 13.3 Å². The Bertz CT molecular complexity index is 521. The Morgan fingerprint density at radius 2 is 2.11 bits per heavy atom. The fourth-order valence-electron chi connectivity index (χ4n) is 1.36. The Kier molecular flexibility index (Phi) is 4.47. The summed E-state index contributed by atoms with van der Waals surface area (Å²) in [4.78, 5) is 11.5. The van der Waals surface area contributed by atoms with Gasteiger partial charge >= 0.3 is 5.97 Å². The van der Waals surface area contributed by atoms with Gasteiger partial charge in [-0.1, -0.05) is 13.8 Å². The summed E-state index contributed by atoms with van der Waals surface area (Å²) in [5.74, 6) is -0.832. The zero-order chi connectivity index (χ0) is 13.9. The number of ether oxygens (including phenoxy) is 1. The minimum Gasteiger partial charge on any atom is -0.468 e. The van der Waals surface area contributed by atoms with Gasteiger partial charge in [0.1, 0.15) is 10.9 Å². The summed E-state index contributed by atoms with van der Waals surface area (Å²) in [7, 11) is -0.944. The molecule has 0 aliphatic rings. The number of rotatable bonds is 5. The molecule has 1 atom stereocenters. The Morgan fingerprint density at radius 1 is 1.50 bits per heavy atom. The van der Waals surface area contributed by atoms with Crippen LogP contribution in [0, 0.1) is 5.92 Å². The second-order valence-electron chi connectivity index (χ2n) is 4.22. The molecule has 0 saturated heterocycles. The average molecular weight is 275 g/mol. The molecule has 0 spiro atoms. The third-order valence-electron chi connectivity index (χ3n) is 2.40. The van der Waals surface area contributed by atoms with Crippen LogP contribution in [0.4, 0.5) is 0 Å². The summed E-state index contributed by atoms with van der Waals surface area (Å²) in [6, 6.07) is -0.916. The molecule has 0 unspecified atom stereocenters. The van der Waals surface area contributed by atoms with Crippen LogP contribution in [0.3, 0.4) is 0 Å². The lowest BCUT2D eigenvalue weighted by Crippen LogP contribution is -2.44. The monoisotopic (exact) mass is 275 g/mol. The van der Waals surface area contributed by atoms with E-state index < -0.39 is 22.0 Å². The number of aryl methyl sites for hydroxylation is 1. The van der Waals surface area contributed by atoms with E-state index in [-0.39, 0.29) is 10.8 Å². The van der Waals surface area contributed by atoms with E-state index in [4.69, 9.17) is 0 Å². The third kappa shape index (κ3) is 3.30. The van der Waals surface area contributed by atoms with Gasteiger partial charge < -0.3 is 4.74 Å². The highest BCUT2D eigenvalue weighted by Crippen LogP contribution is 2.11. The van der Waals surface area contributed by atoms with Crippen LogP contribution in [-0.4, -0.2) is 37.3 Å². The van der Waals surface area contributed by atoms with Crippen molar-refractivity contribution >= 4 is 16.0 Å². The third-order valence-corrected chi connectivity index (χ3v) is 3.79. The fraction of sp³-hybridized carbons (Fsp3) is 0.600. The molecule has 1 aromatic rings. The minimum atomic E-state index is -3.77. The highest BCUT2D eigenvalue weighted by Gasteiger charge is 2.29. The lowest BCUT2D eigenvalue weighted by Gasteiger charge is -2.19. The van der Waals surface area contributed by atoms with Crippen LogP contribution in [-0.2, 0) is 26.6 Å². The topological polar surface area (TPSA) is 90.3 Å². The van der Waals surface area contributed by atoms with Crippen LogP contribution >= 0.6 is 0 Å². The second kappa shape index (κ2) is 5.49. The van der Waals surface area contributed by atoms with E-state index in [9.17, 15) is 13.2 Å². The molecular formula is C10H17N3O4S. The van der Waals surface area contributed by atoms with Crippen LogP contribution in [0.1, 0.15) is 13.8 Å². The van der Waals surface area contributed by atoms with Gasteiger partial charge in [-0.3, -0.25) is 9.48 Å². The number of methoxy groups -OCH3 is 1. The Hall–Kier alpha value is -1.41. The molecule has 0 aliphatic heterocycles. The number of sulfonamides is 1. The zero-order valence-electron chi connectivity index (χ0n) is 10.7. The number of nitrogens with one attached hydrogen (secondary N) is 1. The maximum Gasteiger partial charge on any atom is 0.324 e. The molecule has 0 amide bonds. The molecule has 0 bridgehead atoms. The van der Waals surface area contributed by atoms with Gasteiger partial charge in [0.15, 0.2) is 0 Å². The summed E-state index contributed by atoms with van der Waals surface area (Å²) >= 11 is 0. The maximum atomic E-state index is 12.0. The van der Waals surface area contributed by atoms with Crippen molar-refractivity contribution in [1.82, 2.24) is 14.5 Å². The van der Waals surface area contributed by atoms with Gasteiger partial charge in [0.25, 0.3) is 0 Å². The number of esters is 1. The van der Waals surface area contributed by atoms with Gasteiger partial charge in [-0.15, -0.1) is 0 Å². The number of carbonyl (C=O) groups excluding carboxylic acids is 1. The smallest absolute Gasteiger partial charge is 0.324 e. The lowest BCUT2D eigenvalue weighted by atomic mass is 10.1. The van der Waals surface area contributed by atoms with E-state index in [1.165, 1.54) is 24.2 Å². The zero-order valence-corrected chi connectivity index (χ0v) is 11.6. The van der Waals surface area contributed by atoms with E-state index in [1.807, 2.05) is 0 Å². The van der Waals surface area contributed by atoms with Crippen molar-refractivity contribution < 1.29 is 17.9 Å². The molecule has 0 radical (unpaired) electrons. The van der Waals surface area contributed by atoms with Crippen molar-refractivity contribution in [3.63, 3.8) is 0 Å². The average Bonchev–Trinajstić information content (AvgIpc) is 2.72. The molecule has 0 saturated carbocycles. The second-order valence-corrected chi connectivity index (χ2v) is 5.93. The van der Waals surface area contributed by atoms with E-state index >= 15 is 0 Å².